The maximum Gasteiger partial charge on any atom is 0.259 e. The van der Waals surface area contributed by atoms with Gasteiger partial charge in [0.2, 0.25) is 0 Å². The van der Waals surface area contributed by atoms with Gasteiger partial charge in [0.25, 0.3) is 10.0 Å². The first kappa shape index (κ1) is 14.5. The lowest BCUT2D eigenvalue weighted by atomic mass is 10.1. The molecule has 1 fully saturated rings. The Kier molecular flexibility index (Phi) is 4.59. The topological polar surface area (TPSA) is 76.0 Å². The van der Waals surface area contributed by atoms with Crippen LogP contribution in [0.25, 0.3) is 0 Å². The van der Waals surface area contributed by atoms with Gasteiger partial charge < -0.3 is 9.88 Å². The predicted octanol–water partition coefficient (Wildman–Crippen LogP) is 0.632. The summed E-state index contributed by atoms with van der Waals surface area (Å²) in [5, 5.41) is 3.32. The van der Waals surface area contributed by atoms with Crippen molar-refractivity contribution >= 4 is 10.0 Å². The second-order valence-corrected chi connectivity index (χ2v) is 6.65. The van der Waals surface area contributed by atoms with E-state index in [1.54, 1.807) is 6.20 Å². The summed E-state index contributed by atoms with van der Waals surface area (Å²) in [4.78, 5) is 4.16. The van der Waals surface area contributed by atoms with Gasteiger partial charge in [-0.25, -0.2) is 18.1 Å². The molecule has 1 atom stereocenters. The van der Waals surface area contributed by atoms with Crippen LogP contribution in [0.4, 0.5) is 0 Å². The van der Waals surface area contributed by atoms with Crippen LogP contribution in [-0.2, 0) is 16.6 Å². The molecule has 1 aliphatic rings. The highest BCUT2D eigenvalue weighted by Gasteiger charge is 2.24. The van der Waals surface area contributed by atoms with Crippen LogP contribution in [0.3, 0.4) is 0 Å². The molecule has 108 valence electrons. The minimum absolute atomic E-state index is 0.0321. The van der Waals surface area contributed by atoms with Gasteiger partial charge >= 0.3 is 0 Å². The molecule has 2 N–H and O–H groups in total. The van der Waals surface area contributed by atoms with Crippen molar-refractivity contribution < 1.29 is 8.42 Å². The van der Waals surface area contributed by atoms with E-state index in [2.05, 4.69) is 21.9 Å². The van der Waals surface area contributed by atoms with E-state index in [9.17, 15) is 8.42 Å². The maximum atomic E-state index is 12.3. The van der Waals surface area contributed by atoms with Gasteiger partial charge in [0, 0.05) is 25.3 Å². The average molecular weight is 286 g/mol. The van der Waals surface area contributed by atoms with Crippen LogP contribution in [0.15, 0.2) is 11.2 Å². The fraction of sp³-hybridized carbons (Fsp3) is 0.750. The molecule has 1 aromatic rings. The van der Waals surface area contributed by atoms with E-state index in [4.69, 9.17) is 0 Å². The largest absolute Gasteiger partial charge is 0.334 e. The maximum absolute atomic E-state index is 12.3. The number of nitrogens with one attached hydrogen (secondary N) is 2. The summed E-state index contributed by atoms with van der Waals surface area (Å²) >= 11 is 0. The number of aryl methyl sites for hydroxylation is 2. The summed E-state index contributed by atoms with van der Waals surface area (Å²) in [6.07, 6.45) is 4.45. The van der Waals surface area contributed by atoms with Crippen LogP contribution in [-0.4, -0.2) is 37.1 Å². The lowest BCUT2D eigenvalue weighted by Gasteiger charge is -2.23. The van der Waals surface area contributed by atoms with E-state index >= 15 is 0 Å². The van der Waals surface area contributed by atoms with Crippen molar-refractivity contribution in [2.24, 2.45) is 0 Å². The van der Waals surface area contributed by atoms with Gasteiger partial charge in [-0.1, -0.05) is 6.92 Å². The summed E-state index contributed by atoms with van der Waals surface area (Å²) in [5.74, 6) is 0.740. The van der Waals surface area contributed by atoms with E-state index in [0.717, 1.165) is 38.2 Å². The van der Waals surface area contributed by atoms with E-state index in [1.165, 1.54) is 0 Å². The van der Waals surface area contributed by atoms with Gasteiger partial charge in [0.15, 0.2) is 5.03 Å². The highest BCUT2D eigenvalue weighted by atomic mass is 32.2. The molecule has 19 heavy (non-hydrogen) atoms. The van der Waals surface area contributed by atoms with Gasteiger partial charge in [0.05, 0.1) is 0 Å². The Labute approximate surface area is 114 Å². The van der Waals surface area contributed by atoms with Crippen molar-refractivity contribution in [2.45, 2.75) is 50.7 Å². The third-order valence-electron chi connectivity index (χ3n) is 3.31. The summed E-state index contributed by atoms with van der Waals surface area (Å²) in [5.41, 5.74) is 0. The molecular formula is C12H22N4O2S. The molecule has 1 unspecified atom stereocenters. The van der Waals surface area contributed by atoms with Crippen LogP contribution in [0.1, 0.15) is 32.0 Å². The zero-order valence-corrected chi connectivity index (χ0v) is 12.3. The Morgan fingerprint density at radius 1 is 1.58 bits per heavy atom. The minimum atomic E-state index is -3.50. The highest BCUT2D eigenvalue weighted by molar-refractivity contribution is 7.89. The third-order valence-corrected chi connectivity index (χ3v) is 4.70. The van der Waals surface area contributed by atoms with Crippen molar-refractivity contribution in [3.8, 4) is 0 Å². The smallest absolute Gasteiger partial charge is 0.259 e. The standard InChI is InChI=1S/C12H22N4O2S/c1-3-7-16-9-12(14-10(16)2)19(17,18)15-11-5-4-6-13-8-11/h9,11,13,15H,3-8H2,1-2H3. The highest BCUT2D eigenvalue weighted by Crippen LogP contribution is 2.12. The first-order valence-electron chi connectivity index (χ1n) is 6.79. The lowest BCUT2D eigenvalue weighted by molar-refractivity contribution is 0.428. The number of imidazole rings is 1. The molecule has 2 rings (SSSR count). The second kappa shape index (κ2) is 6.02. The summed E-state index contributed by atoms with van der Waals surface area (Å²) in [6.45, 7) is 6.33. The Balaban J connectivity index is 2.12. The Morgan fingerprint density at radius 3 is 3.00 bits per heavy atom. The SMILES string of the molecule is CCCn1cc(S(=O)(=O)NC2CCCNC2)nc1C. The molecule has 0 bridgehead atoms. The van der Waals surface area contributed by atoms with Crippen molar-refractivity contribution in [1.29, 1.82) is 0 Å². The number of hydrogen-bond donors (Lipinski definition) is 2. The average Bonchev–Trinajstić information content (AvgIpc) is 2.73. The molecule has 6 nitrogen and oxygen atoms in total. The molecule has 0 aliphatic carbocycles. The monoisotopic (exact) mass is 286 g/mol. The van der Waals surface area contributed by atoms with E-state index in [0.29, 0.717) is 6.54 Å². The van der Waals surface area contributed by atoms with Crippen LogP contribution < -0.4 is 10.0 Å². The quantitative estimate of drug-likeness (QED) is 0.832. The van der Waals surface area contributed by atoms with Crippen LogP contribution in [0, 0.1) is 6.92 Å². The Bertz CT molecular complexity index is 518. The van der Waals surface area contributed by atoms with E-state index in [1.807, 2.05) is 11.5 Å². The zero-order chi connectivity index (χ0) is 13.9. The molecule has 1 aromatic heterocycles. The molecule has 2 heterocycles. The Morgan fingerprint density at radius 2 is 2.37 bits per heavy atom. The van der Waals surface area contributed by atoms with Crippen LogP contribution >= 0.6 is 0 Å². The normalized spacial score (nSPS) is 20.6. The van der Waals surface area contributed by atoms with Gasteiger partial charge in [0.1, 0.15) is 5.82 Å². The summed E-state index contributed by atoms with van der Waals surface area (Å²) in [6, 6.07) is -0.0321. The zero-order valence-electron chi connectivity index (χ0n) is 11.5. The van der Waals surface area contributed by atoms with Gasteiger partial charge in [-0.15, -0.1) is 0 Å². The van der Waals surface area contributed by atoms with Gasteiger partial charge in [-0.2, -0.15) is 0 Å². The number of rotatable bonds is 5. The third kappa shape index (κ3) is 3.55. The number of sulfonamides is 1. The number of piperidine rings is 1. The van der Waals surface area contributed by atoms with Crippen molar-refractivity contribution in [3.05, 3.63) is 12.0 Å². The van der Waals surface area contributed by atoms with Gasteiger partial charge in [-0.3, -0.25) is 0 Å². The molecule has 0 amide bonds. The van der Waals surface area contributed by atoms with Crippen molar-refractivity contribution in [3.63, 3.8) is 0 Å². The molecule has 7 heteroatoms. The van der Waals surface area contributed by atoms with Crippen LogP contribution in [0.5, 0.6) is 0 Å². The minimum Gasteiger partial charge on any atom is -0.334 e. The first-order chi connectivity index (χ1) is 9.03. The van der Waals surface area contributed by atoms with Crippen molar-refractivity contribution in [2.75, 3.05) is 13.1 Å². The molecular weight excluding hydrogens is 264 g/mol. The lowest BCUT2D eigenvalue weighted by Crippen LogP contribution is -2.45. The van der Waals surface area contributed by atoms with Gasteiger partial charge in [-0.05, 0) is 32.7 Å². The fourth-order valence-corrected chi connectivity index (χ4v) is 3.59. The number of hydrogen-bond acceptors (Lipinski definition) is 4. The number of nitrogens with zero attached hydrogens (tertiary/aromatic N) is 2. The molecule has 0 radical (unpaired) electrons. The fourth-order valence-electron chi connectivity index (χ4n) is 2.31. The van der Waals surface area contributed by atoms with E-state index < -0.39 is 10.0 Å². The summed E-state index contributed by atoms with van der Waals surface area (Å²) in [7, 11) is -3.50. The number of aromatic nitrogens is 2. The molecule has 0 saturated carbocycles. The molecule has 1 saturated heterocycles. The summed E-state index contributed by atoms with van der Waals surface area (Å²) < 4.78 is 29.1. The van der Waals surface area contributed by atoms with Crippen molar-refractivity contribution in [1.82, 2.24) is 19.6 Å². The molecule has 0 spiro atoms. The second-order valence-electron chi connectivity index (χ2n) is 4.98. The first-order valence-corrected chi connectivity index (χ1v) is 8.28. The van der Waals surface area contributed by atoms with Crippen LogP contribution in [0.2, 0.25) is 0 Å². The Hall–Kier alpha value is -0.920. The predicted molar refractivity (Wildman–Crippen MR) is 73.5 cm³/mol. The van der Waals surface area contributed by atoms with E-state index in [-0.39, 0.29) is 11.1 Å². The molecule has 1 aliphatic heterocycles. The molecule has 0 aromatic carbocycles.